The number of carbonyl (C=O) groups excluding carboxylic acids is 1. The van der Waals surface area contributed by atoms with Crippen LogP contribution in [0.1, 0.15) is 31.5 Å². The fourth-order valence-electron chi connectivity index (χ4n) is 4.30. The molecule has 5 rings (SSSR count). The van der Waals surface area contributed by atoms with E-state index in [-0.39, 0.29) is 12.5 Å². The van der Waals surface area contributed by atoms with Crippen molar-refractivity contribution in [1.29, 1.82) is 0 Å². The molecule has 0 saturated heterocycles. The summed E-state index contributed by atoms with van der Waals surface area (Å²) in [5, 5.41) is 5.49. The van der Waals surface area contributed by atoms with E-state index >= 15 is 0 Å². The molecule has 0 radical (unpaired) electrons. The minimum Gasteiger partial charge on any atom is -0.486 e. The highest BCUT2D eigenvalue weighted by atomic mass is 16.5. The third kappa shape index (κ3) is 3.88. The Kier molecular flexibility index (Phi) is 5.10. The molecule has 1 amide bonds. The number of nitrogens with zero attached hydrogens (tertiary/aromatic N) is 2. The van der Waals surface area contributed by atoms with Gasteiger partial charge in [0.15, 0.2) is 0 Å². The lowest BCUT2D eigenvalue weighted by atomic mass is 10.1. The van der Waals surface area contributed by atoms with Crippen LogP contribution >= 0.6 is 0 Å². The van der Waals surface area contributed by atoms with Gasteiger partial charge >= 0.3 is 0 Å². The van der Waals surface area contributed by atoms with Crippen molar-refractivity contribution in [2.45, 2.75) is 44.9 Å². The first-order chi connectivity index (χ1) is 14.8. The molecule has 5 heteroatoms. The van der Waals surface area contributed by atoms with Crippen LogP contribution in [0.15, 0.2) is 66.7 Å². The molecule has 30 heavy (non-hydrogen) atoms. The number of hydrogen-bond acceptors (Lipinski definition) is 3. The zero-order chi connectivity index (χ0) is 20.3. The zero-order valence-corrected chi connectivity index (χ0v) is 16.9. The number of hydrogen-bond donors (Lipinski definition) is 1. The van der Waals surface area contributed by atoms with Gasteiger partial charge in [0.2, 0.25) is 5.91 Å². The van der Waals surface area contributed by atoms with Crippen LogP contribution in [0.2, 0.25) is 0 Å². The summed E-state index contributed by atoms with van der Waals surface area (Å²) < 4.78 is 8.04. The number of para-hydroxylation sites is 2. The van der Waals surface area contributed by atoms with Gasteiger partial charge in [-0.2, -0.15) is 0 Å². The summed E-state index contributed by atoms with van der Waals surface area (Å²) in [4.78, 5) is 17.4. The number of amides is 1. The van der Waals surface area contributed by atoms with E-state index in [9.17, 15) is 4.79 Å². The van der Waals surface area contributed by atoms with Crippen LogP contribution in [-0.4, -0.2) is 21.5 Å². The van der Waals surface area contributed by atoms with Crippen molar-refractivity contribution in [2.24, 2.45) is 0 Å². The number of fused-ring (bicyclic) bond motifs is 2. The Bertz CT molecular complexity index is 1190. The molecule has 4 aromatic rings. The van der Waals surface area contributed by atoms with E-state index in [2.05, 4.69) is 23.5 Å². The second kappa shape index (κ2) is 8.19. The molecule has 0 unspecified atom stereocenters. The number of rotatable bonds is 6. The van der Waals surface area contributed by atoms with Gasteiger partial charge in [-0.15, -0.1) is 0 Å². The molecule has 1 N–H and O–H groups in total. The predicted molar refractivity (Wildman–Crippen MR) is 118 cm³/mol. The topological polar surface area (TPSA) is 56.2 Å². The molecule has 1 saturated carbocycles. The molecule has 5 nitrogen and oxygen atoms in total. The van der Waals surface area contributed by atoms with Gasteiger partial charge < -0.3 is 14.6 Å². The van der Waals surface area contributed by atoms with Gasteiger partial charge in [-0.3, -0.25) is 4.79 Å². The number of carbonyl (C=O) groups is 1. The Morgan fingerprint density at radius 3 is 2.63 bits per heavy atom. The molecule has 152 valence electrons. The van der Waals surface area contributed by atoms with Crippen LogP contribution < -0.4 is 10.1 Å². The molecule has 1 fully saturated rings. The van der Waals surface area contributed by atoms with Crippen molar-refractivity contribution in [3.05, 3.63) is 72.6 Å². The Morgan fingerprint density at radius 2 is 1.77 bits per heavy atom. The van der Waals surface area contributed by atoms with Crippen molar-refractivity contribution in [3.63, 3.8) is 0 Å². The van der Waals surface area contributed by atoms with E-state index in [1.54, 1.807) is 0 Å². The minimum absolute atomic E-state index is 0.0389. The van der Waals surface area contributed by atoms with Gasteiger partial charge in [0.1, 0.15) is 24.7 Å². The first-order valence-electron chi connectivity index (χ1n) is 10.6. The molecule has 0 atom stereocenters. The highest BCUT2D eigenvalue weighted by Crippen LogP contribution is 2.23. The predicted octanol–water partition coefficient (Wildman–Crippen LogP) is 4.83. The lowest BCUT2D eigenvalue weighted by Gasteiger charge is -2.14. The number of nitrogens with one attached hydrogen (secondary N) is 1. The lowest BCUT2D eigenvalue weighted by Crippen LogP contribution is -2.35. The minimum atomic E-state index is 0.0389. The van der Waals surface area contributed by atoms with Crippen LogP contribution in [-0.2, 0) is 17.9 Å². The van der Waals surface area contributed by atoms with E-state index in [4.69, 9.17) is 9.72 Å². The maximum Gasteiger partial charge on any atom is 0.240 e. The molecular formula is C25H25N3O2. The van der Waals surface area contributed by atoms with Gasteiger partial charge in [0.05, 0.1) is 11.0 Å². The van der Waals surface area contributed by atoms with Crippen LogP contribution in [0.5, 0.6) is 5.75 Å². The fourth-order valence-corrected chi connectivity index (χ4v) is 4.30. The van der Waals surface area contributed by atoms with Crippen molar-refractivity contribution >= 4 is 27.7 Å². The average molecular weight is 399 g/mol. The molecule has 1 aromatic heterocycles. The summed E-state index contributed by atoms with van der Waals surface area (Å²) in [5.74, 6) is 1.59. The number of imidazole rings is 1. The molecule has 1 aliphatic rings. The Hall–Kier alpha value is -3.34. The Labute approximate surface area is 175 Å². The van der Waals surface area contributed by atoms with E-state index in [0.717, 1.165) is 40.8 Å². The monoisotopic (exact) mass is 399 g/mol. The third-order valence-corrected chi connectivity index (χ3v) is 5.84. The van der Waals surface area contributed by atoms with E-state index in [0.29, 0.717) is 12.6 Å². The number of aromatic nitrogens is 2. The largest absolute Gasteiger partial charge is 0.486 e. The summed E-state index contributed by atoms with van der Waals surface area (Å²) in [6.07, 6.45) is 4.55. The van der Waals surface area contributed by atoms with Crippen molar-refractivity contribution in [3.8, 4) is 5.75 Å². The van der Waals surface area contributed by atoms with Crippen LogP contribution in [0.3, 0.4) is 0 Å². The second-order valence-corrected chi connectivity index (χ2v) is 7.95. The van der Waals surface area contributed by atoms with Crippen LogP contribution in [0.4, 0.5) is 0 Å². The molecule has 1 aliphatic carbocycles. The van der Waals surface area contributed by atoms with Gasteiger partial charge in [0, 0.05) is 6.04 Å². The van der Waals surface area contributed by atoms with Crippen LogP contribution in [0, 0.1) is 0 Å². The number of benzene rings is 3. The fraction of sp³-hybridized carbons (Fsp3) is 0.280. The van der Waals surface area contributed by atoms with Crippen molar-refractivity contribution < 1.29 is 9.53 Å². The van der Waals surface area contributed by atoms with E-state index < -0.39 is 0 Å². The molecule has 3 aromatic carbocycles. The third-order valence-electron chi connectivity index (χ3n) is 5.84. The summed E-state index contributed by atoms with van der Waals surface area (Å²) >= 11 is 0. The van der Waals surface area contributed by atoms with Gasteiger partial charge in [-0.25, -0.2) is 4.98 Å². The first-order valence-corrected chi connectivity index (χ1v) is 10.6. The highest BCUT2D eigenvalue weighted by molar-refractivity contribution is 5.84. The zero-order valence-electron chi connectivity index (χ0n) is 16.9. The number of ether oxygens (including phenoxy) is 1. The maximum absolute atomic E-state index is 12.7. The first kappa shape index (κ1) is 18.7. The van der Waals surface area contributed by atoms with Gasteiger partial charge in [-0.1, -0.05) is 55.3 Å². The quantitative estimate of drug-likeness (QED) is 0.505. The normalized spacial score (nSPS) is 14.4. The van der Waals surface area contributed by atoms with Gasteiger partial charge in [-0.05, 0) is 47.9 Å². The van der Waals surface area contributed by atoms with E-state index in [1.807, 2.05) is 53.1 Å². The van der Waals surface area contributed by atoms with Gasteiger partial charge in [0.25, 0.3) is 0 Å². The van der Waals surface area contributed by atoms with Crippen molar-refractivity contribution in [1.82, 2.24) is 14.9 Å². The summed E-state index contributed by atoms with van der Waals surface area (Å²) in [6, 6.07) is 22.5. The highest BCUT2D eigenvalue weighted by Gasteiger charge is 2.19. The Morgan fingerprint density at radius 1 is 1.00 bits per heavy atom. The standard InChI is InChI=1S/C25H25N3O2/c29-25(26-20-9-3-4-10-20)16-28-23-12-6-5-11-22(23)27-24(28)17-30-21-14-13-18-7-1-2-8-19(18)15-21/h1-2,5-8,11-15,20H,3-4,9-10,16-17H2,(H,26,29). The second-order valence-electron chi connectivity index (χ2n) is 7.95. The molecule has 0 spiro atoms. The SMILES string of the molecule is O=C(Cn1c(COc2ccc3ccccc3c2)nc2ccccc21)NC1CCCC1. The van der Waals surface area contributed by atoms with Crippen LogP contribution in [0.25, 0.3) is 21.8 Å². The molecule has 0 aliphatic heterocycles. The summed E-state index contributed by atoms with van der Waals surface area (Å²) in [7, 11) is 0. The maximum atomic E-state index is 12.7. The summed E-state index contributed by atoms with van der Waals surface area (Å²) in [6.45, 7) is 0.567. The molecule has 0 bridgehead atoms. The average Bonchev–Trinajstić information content (AvgIpc) is 3.40. The summed E-state index contributed by atoms with van der Waals surface area (Å²) in [5.41, 5.74) is 1.83. The molecule has 1 heterocycles. The smallest absolute Gasteiger partial charge is 0.240 e. The van der Waals surface area contributed by atoms with E-state index in [1.165, 1.54) is 18.2 Å². The Balaban J connectivity index is 1.37. The lowest BCUT2D eigenvalue weighted by molar-refractivity contribution is -0.122. The molecular weight excluding hydrogens is 374 g/mol. The van der Waals surface area contributed by atoms with Crippen molar-refractivity contribution in [2.75, 3.05) is 0 Å².